The van der Waals surface area contributed by atoms with Crippen LogP contribution >= 0.6 is 0 Å². The Morgan fingerprint density at radius 3 is 2.56 bits per heavy atom. The molecule has 1 saturated heterocycles. The summed E-state index contributed by atoms with van der Waals surface area (Å²) < 4.78 is 47.2. The summed E-state index contributed by atoms with van der Waals surface area (Å²) in [6, 6.07) is 20.6. The van der Waals surface area contributed by atoms with Crippen molar-refractivity contribution in [2.24, 2.45) is 0 Å². The number of nitrogens with zero attached hydrogens (tertiary/aromatic N) is 2. The quantitative estimate of drug-likeness (QED) is 0.100. The Hall–Kier alpha value is -5.85. The number of carbonyl (C=O) groups excluding carboxylic acids is 1. The summed E-state index contributed by atoms with van der Waals surface area (Å²) in [6.07, 6.45) is 5.65. The number of aromatic nitrogens is 2. The average molecular weight is 680 g/mol. The molecular formula is C38H35F2N5O5. The minimum absolute atomic E-state index is 0.0450. The monoisotopic (exact) mass is 679 g/mol. The van der Waals surface area contributed by atoms with E-state index in [0.717, 1.165) is 48.6 Å². The van der Waals surface area contributed by atoms with Gasteiger partial charge in [0, 0.05) is 67.3 Å². The van der Waals surface area contributed by atoms with Crippen LogP contribution in [0.5, 0.6) is 11.5 Å². The molecule has 6 rings (SSSR count). The number of amides is 1. The lowest BCUT2D eigenvalue weighted by molar-refractivity contribution is 0.0342. The lowest BCUT2D eigenvalue weighted by atomic mass is 10.0. The van der Waals surface area contributed by atoms with Crippen molar-refractivity contribution in [2.75, 3.05) is 38.2 Å². The number of morpholine rings is 1. The molecule has 0 spiro atoms. The number of hydrogen-bond acceptors (Lipinski definition) is 7. The van der Waals surface area contributed by atoms with Gasteiger partial charge in [0.1, 0.15) is 17.1 Å². The Kier molecular flexibility index (Phi) is 10.6. The normalized spacial score (nSPS) is 13.5. The van der Waals surface area contributed by atoms with Crippen LogP contribution in [0.3, 0.4) is 0 Å². The van der Waals surface area contributed by atoms with Gasteiger partial charge in [-0.15, -0.1) is 0 Å². The van der Waals surface area contributed by atoms with Gasteiger partial charge in [-0.25, -0.2) is 8.78 Å². The largest absolute Gasteiger partial charge is 0.493 e. The van der Waals surface area contributed by atoms with Gasteiger partial charge < -0.3 is 29.9 Å². The number of hydrogen-bond donors (Lipinski definition) is 3. The van der Waals surface area contributed by atoms with Crippen molar-refractivity contribution >= 4 is 23.6 Å². The zero-order chi connectivity index (χ0) is 35.0. The Labute approximate surface area is 287 Å². The van der Waals surface area contributed by atoms with E-state index in [0.29, 0.717) is 24.6 Å². The highest BCUT2D eigenvalue weighted by atomic mass is 19.1. The molecule has 2 aromatic heterocycles. The maximum Gasteiger partial charge on any atom is 0.271 e. The number of allylic oxidation sites excluding steroid dienone is 1. The standard InChI is InChI=1S/C38H35F2N5O5/c1-2-49-33-14-17-45(29-9-6-27(39)7-10-29)38(47)35(33)37(46)43-28-8-11-32(31(40)23-28)50-34(12-15-41)36-30(13-16-42-36)26-5-3-4-25(22-26)24-44-18-20-48-21-19-44/h3-17,22-23,41-42H,2,18-21,24H2,1H3,(H,43,46)/b34-12+,41-15?. The maximum atomic E-state index is 15.5. The number of carbonyl (C=O) groups is 1. The van der Waals surface area contributed by atoms with E-state index in [1.54, 1.807) is 13.1 Å². The number of pyridine rings is 1. The first-order valence-corrected chi connectivity index (χ1v) is 16.1. The molecule has 3 aromatic carbocycles. The number of benzene rings is 3. The SMILES string of the molecule is CCOc1ccn(-c2ccc(F)cc2)c(=O)c1C(=O)Nc1ccc(O/C(=C/C=N)c2[nH]ccc2-c2cccc(CN3CCOCC3)c2)c(F)c1. The Bertz CT molecular complexity index is 2080. The molecule has 50 heavy (non-hydrogen) atoms. The van der Waals surface area contributed by atoms with E-state index in [-0.39, 0.29) is 35.1 Å². The van der Waals surface area contributed by atoms with E-state index in [1.807, 2.05) is 18.2 Å². The van der Waals surface area contributed by atoms with Gasteiger partial charge in [0.25, 0.3) is 11.5 Å². The summed E-state index contributed by atoms with van der Waals surface area (Å²) in [5.41, 5.74) is 2.84. The van der Waals surface area contributed by atoms with Crippen LogP contribution < -0.4 is 20.3 Å². The molecule has 3 heterocycles. The van der Waals surface area contributed by atoms with E-state index in [2.05, 4.69) is 27.3 Å². The van der Waals surface area contributed by atoms with Gasteiger partial charge in [0.05, 0.1) is 25.5 Å². The lowest BCUT2D eigenvalue weighted by Crippen LogP contribution is -2.35. The summed E-state index contributed by atoms with van der Waals surface area (Å²) >= 11 is 0. The molecule has 3 N–H and O–H groups in total. The topological polar surface area (TPSA) is 122 Å². The molecule has 0 atom stereocenters. The first-order chi connectivity index (χ1) is 24.3. The number of nitrogens with one attached hydrogen (secondary N) is 3. The minimum atomic E-state index is -0.820. The van der Waals surface area contributed by atoms with Crippen LogP contribution in [-0.2, 0) is 11.3 Å². The van der Waals surface area contributed by atoms with Crippen molar-refractivity contribution in [3.05, 3.63) is 136 Å². The zero-order valence-corrected chi connectivity index (χ0v) is 27.2. The first-order valence-electron chi connectivity index (χ1n) is 16.1. The number of ether oxygens (including phenoxy) is 3. The fourth-order valence-corrected chi connectivity index (χ4v) is 5.69. The predicted octanol–water partition coefficient (Wildman–Crippen LogP) is 6.66. The van der Waals surface area contributed by atoms with Gasteiger partial charge >= 0.3 is 0 Å². The van der Waals surface area contributed by atoms with Crippen molar-refractivity contribution in [3.63, 3.8) is 0 Å². The zero-order valence-electron chi connectivity index (χ0n) is 27.2. The third-order valence-electron chi connectivity index (χ3n) is 8.07. The van der Waals surface area contributed by atoms with Crippen LogP contribution in [0.25, 0.3) is 22.6 Å². The molecule has 0 saturated carbocycles. The first kappa shape index (κ1) is 34.0. The van der Waals surface area contributed by atoms with Crippen LogP contribution in [0.1, 0.15) is 28.5 Å². The summed E-state index contributed by atoms with van der Waals surface area (Å²) in [4.78, 5) is 32.4. The maximum absolute atomic E-state index is 15.5. The molecule has 0 aliphatic carbocycles. The van der Waals surface area contributed by atoms with Crippen molar-refractivity contribution in [1.29, 1.82) is 5.41 Å². The van der Waals surface area contributed by atoms with Gasteiger partial charge in [0.2, 0.25) is 0 Å². The summed E-state index contributed by atoms with van der Waals surface area (Å²) in [5.74, 6) is -1.98. The third-order valence-corrected chi connectivity index (χ3v) is 8.07. The molecule has 0 radical (unpaired) electrons. The molecule has 0 unspecified atom stereocenters. The van der Waals surface area contributed by atoms with Crippen LogP contribution in [0.15, 0.2) is 102 Å². The van der Waals surface area contributed by atoms with E-state index in [9.17, 15) is 14.0 Å². The molecule has 5 aromatic rings. The number of aromatic amines is 1. The Morgan fingerprint density at radius 1 is 1.02 bits per heavy atom. The second kappa shape index (κ2) is 15.6. The second-order valence-corrected chi connectivity index (χ2v) is 11.4. The predicted molar refractivity (Wildman–Crippen MR) is 187 cm³/mol. The molecule has 1 amide bonds. The van der Waals surface area contributed by atoms with Crippen molar-refractivity contribution in [1.82, 2.24) is 14.5 Å². The van der Waals surface area contributed by atoms with E-state index in [1.165, 1.54) is 59.3 Å². The highest BCUT2D eigenvalue weighted by molar-refractivity contribution is 6.06. The number of rotatable bonds is 12. The molecule has 1 aliphatic heterocycles. The number of H-pyrrole nitrogens is 1. The highest BCUT2D eigenvalue weighted by Gasteiger charge is 2.22. The Balaban J connectivity index is 1.22. The fourth-order valence-electron chi connectivity index (χ4n) is 5.69. The van der Waals surface area contributed by atoms with E-state index < -0.39 is 23.1 Å². The van der Waals surface area contributed by atoms with Gasteiger partial charge in [-0.1, -0.05) is 18.2 Å². The van der Waals surface area contributed by atoms with Crippen LogP contribution in [0.2, 0.25) is 0 Å². The van der Waals surface area contributed by atoms with Crippen molar-refractivity contribution in [3.8, 4) is 28.3 Å². The van der Waals surface area contributed by atoms with Crippen LogP contribution in [0.4, 0.5) is 14.5 Å². The molecule has 12 heteroatoms. The van der Waals surface area contributed by atoms with Gasteiger partial charge in [-0.2, -0.15) is 0 Å². The summed E-state index contributed by atoms with van der Waals surface area (Å²) in [5, 5.41) is 10.3. The third kappa shape index (κ3) is 7.72. The molecular weight excluding hydrogens is 644 g/mol. The smallest absolute Gasteiger partial charge is 0.271 e. The van der Waals surface area contributed by atoms with Crippen molar-refractivity contribution < 1.29 is 27.8 Å². The second-order valence-electron chi connectivity index (χ2n) is 11.4. The van der Waals surface area contributed by atoms with E-state index in [4.69, 9.17) is 19.6 Å². The minimum Gasteiger partial charge on any atom is -0.493 e. The molecule has 256 valence electrons. The number of anilines is 1. The summed E-state index contributed by atoms with van der Waals surface area (Å²) in [6.45, 7) is 5.84. The fraction of sp³-hybridized carbons (Fsp3) is 0.184. The summed E-state index contributed by atoms with van der Waals surface area (Å²) in [7, 11) is 0. The lowest BCUT2D eigenvalue weighted by Gasteiger charge is -2.26. The number of halogens is 2. The van der Waals surface area contributed by atoms with Crippen molar-refractivity contribution in [2.45, 2.75) is 13.5 Å². The highest BCUT2D eigenvalue weighted by Crippen LogP contribution is 2.32. The molecule has 1 aliphatic rings. The van der Waals surface area contributed by atoms with Crippen LogP contribution in [0, 0.1) is 17.0 Å². The Morgan fingerprint density at radius 2 is 1.82 bits per heavy atom. The van der Waals surface area contributed by atoms with Gasteiger partial charge in [0.15, 0.2) is 17.3 Å². The average Bonchev–Trinajstić information content (AvgIpc) is 3.61. The molecule has 10 nitrogen and oxygen atoms in total. The van der Waals surface area contributed by atoms with Gasteiger partial charge in [-0.05, 0) is 72.6 Å². The molecule has 0 bridgehead atoms. The van der Waals surface area contributed by atoms with Crippen LogP contribution in [-0.4, -0.2) is 59.5 Å². The van der Waals surface area contributed by atoms with E-state index >= 15 is 4.39 Å². The molecule has 1 fully saturated rings. The van der Waals surface area contributed by atoms with Gasteiger partial charge in [-0.3, -0.25) is 19.1 Å².